The lowest BCUT2D eigenvalue weighted by atomic mass is 10.0. The molecule has 0 amide bonds. The average molecular weight is 275 g/mol. The summed E-state index contributed by atoms with van der Waals surface area (Å²) in [5.74, 6) is 0.873. The van der Waals surface area contributed by atoms with Crippen molar-refractivity contribution in [2.24, 2.45) is 5.92 Å². The number of nitrogens with one attached hydrogen (secondary N) is 1. The van der Waals surface area contributed by atoms with Crippen molar-refractivity contribution in [3.63, 3.8) is 0 Å². The van der Waals surface area contributed by atoms with Crippen molar-refractivity contribution in [2.45, 2.75) is 65.2 Å². The molecule has 0 fully saturated rings. The van der Waals surface area contributed by atoms with Crippen LogP contribution in [0.3, 0.4) is 0 Å². The van der Waals surface area contributed by atoms with E-state index >= 15 is 0 Å². The van der Waals surface area contributed by atoms with E-state index in [1.165, 1.54) is 70.0 Å². The third-order valence-corrected chi connectivity index (χ3v) is 3.80. The van der Waals surface area contributed by atoms with E-state index in [0.29, 0.717) is 0 Å². The van der Waals surface area contributed by atoms with E-state index < -0.39 is 0 Å². The van der Waals surface area contributed by atoms with Gasteiger partial charge in [-0.25, -0.2) is 0 Å². The lowest BCUT2D eigenvalue weighted by Gasteiger charge is -2.06. The van der Waals surface area contributed by atoms with Gasteiger partial charge in [-0.3, -0.25) is 0 Å². The van der Waals surface area contributed by atoms with Gasteiger partial charge in [0.2, 0.25) is 0 Å². The van der Waals surface area contributed by atoms with Gasteiger partial charge in [0.1, 0.15) is 0 Å². The van der Waals surface area contributed by atoms with Crippen LogP contribution in [0.5, 0.6) is 0 Å². The Labute approximate surface area is 126 Å². The second-order valence-corrected chi connectivity index (χ2v) is 6.29. The lowest BCUT2D eigenvalue weighted by molar-refractivity contribution is 0.510. The third kappa shape index (κ3) is 10.0. The Kier molecular flexibility index (Phi) is 10.3. The molecule has 0 saturated carbocycles. The summed E-state index contributed by atoms with van der Waals surface area (Å²) >= 11 is 0. The van der Waals surface area contributed by atoms with Crippen molar-refractivity contribution in [1.29, 1.82) is 0 Å². The number of rotatable bonds is 12. The Balaban J connectivity index is 1.79. The Morgan fingerprint density at radius 1 is 0.800 bits per heavy atom. The van der Waals surface area contributed by atoms with E-state index in [1.807, 2.05) is 0 Å². The van der Waals surface area contributed by atoms with Crippen molar-refractivity contribution < 1.29 is 0 Å². The summed E-state index contributed by atoms with van der Waals surface area (Å²) in [6.45, 7) is 7.01. The summed E-state index contributed by atoms with van der Waals surface area (Å²) in [7, 11) is 0. The van der Waals surface area contributed by atoms with Gasteiger partial charge >= 0.3 is 0 Å². The highest BCUT2D eigenvalue weighted by Crippen LogP contribution is 2.09. The molecule has 0 unspecified atom stereocenters. The van der Waals surface area contributed by atoms with Gasteiger partial charge in [0.25, 0.3) is 0 Å². The molecule has 0 atom stereocenters. The Morgan fingerprint density at radius 3 is 2.15 bits per heavy atom. The van der Waals surface area contributed by atoms with Crippen LogP contribution in [0.15, 0.2) is 30.3 Å². The first-order valence-corrected chi connectivity index (χ1v) is 8.53. The van der Waals surface area contributed by atoms with Crippen LogP contribution in [0.1, 0.15) is 64.4 Å². The zero-order chi connectivity index (χ0) is 14.5. The van der Waals surface area contributed by atoms with E-state index in [9.17, 15) is 0 Å². The Bertz CT molecular complexity index is 305. The summed E-state index contributed by atoms with van der Waals surface area (Å²) in [6, 6.07) is 10.8. The van der Waals surface area contributed by atoms with Gasteiger partial charge in [0.15, 0.2) is 0 Å². The van der Waals surface area contributed by atoms with Crippen molar-refractivity contribution in [3.05, 3.63) is 35.9 Å². The van der Waals surface area contributed by atoms with E-state index in [-0.39, 0.29) is 0 Å². The Hall–Kier alpha value is -0.820. The molecule has 114 valence electrons. The molecule has 1 N–H and O–H groups in total. The van der Waals surface area contributed by atoms with Gasteiger partial charge in [0, 0.05) is 0 Å². The molecule has 0 bridgehead atoms. The van der Waals surface area contributed by atoms with E-state index in [1.54, 1.807) is 0 Å². The molecule has 1 aromatic rings. The molecule has 0 aromatic heterocycles. The van der Waals surface area contributed by atoms with Gasteiger partial charge < -0.3 is 5.32 Å². The van der Waals surface area contributed by atoms with E-state index in [0.717, 1.165) is 5.92 Å². The second kappa shape index (κ2) is 12.0. The molecule has 20 heavy (non-hydrogen) atoms. The van der Waals surface area contributed by atoms with Crippen LogP contribution in [0.4, 0.5) is 0 Å². The summed E-state index contributed by atoms with van der Waals surface area (Å²) < 4.78 is 0. The third-order valence-electron chi connectivity index (χ3n) is 3.80. The van der Waals surface area contributed by atoms with Crippen molar-refractivity contribution in [2.75, 3.05) is 13.1 Å². The van der Waals surface area contributed by atoms with Gasteiger partial charge in [-0.15, -0.1) is 0 Å². The smallest absolute Gasteiger partial charge is 0.00488 e. The highest BCUT2D eigenvalue weighted by molar-refractivity contribution is 5.14. The highest BCUT2D eigenvalue weighted by atomic mass is 14.8. The number of hydrogen-bond acceptors (Lipinski definition) is 1. The van der Waals surface area contributed by atoms with Crippen molar-refractivity contribution in [3.8, 4) is 0 Å². The quantitative estimate of drug-likeness (QED) is 0.517. The summed E-state index contributed by atoms with van der Waals surface area (Å²) in [5.41, 5.74) is 1.47. The van der Waals surface area contributed by atoms with Crippen LogP contribution in [0.2, 0.25) is 0 Å². The van der Waals surface area contributed by atoms with Crippen LogP contribution < -0.4 is 5.32 Å². The molecule has 1 heteroatoms. The maximum absolute atomic E-state index is 3.57. The molecule has 0 aliphatic heterocycles. The maximum Gasteiger partial charge on any atom is -0.00488 e. The standard InChI is InChI=1S/C19H33N/c1-18(2)12-6-3-4-10-16-20-17-11-9-15-19-13-7-5-8-14-19/h5,7-8,13-14,18,20H,3-4,6,9-12,15-17H2,1-2H3. The molecule has 0 saturated heterocycles. The van der Waals surface area contributed by atoms with Gasteiger partial charge in [-0.1, -0.05) is 69.9 Å². The summed E-state index contributed by atoms with van der Waals surface area (Å²) in [5, 5.41) is 3.57. The predicted molar refractivity (Wildman–Crippen MR) is 90.2 cm³/mol. The number of hydrogen-bond donors (Lipinski definition) is 1. The molecule has 0 aliphatic rings. The second-order valence-electron chi connectivity index (χ2n) is 6.29. The van der Waals surface area contributed by atoms with Crippen molar-refractivity contribution >= 4 is 0 Å². The van der Waals surface area contributed by atoms with Crippen LogP contribution in [-0.2, 0) is 6.42 Å². The minimum atomic E-state index is 0.873. The molecule has 0 spiro atoms. The molecular formula is C19H33N. The lowest BCUT2D eigenvalue weighted by Crippen LogP contribution is -2.16. The monoisotopic (exact) mass is 275 g/mol. The van der Waals surface area contributed by atoms with Gasteiger partial charge in [-0.05, 0) is 50.3 Å². The zero-order valence-electron chi connectivity index (χ0n) is 13.5. The van der Waals surface area contributed by atoms with E-state index in [4.69, 9.17) is 0 Å². The van der Waals surface area contributed by atoms with Gasteiger partial charge in [-0.2, -0.15) is 0 Å². The molecule has 1 aromatic carbocycles. The van der Waals surface area contributed by atoms with Crippen LogP contribution in [0, 0.1) is 5.92 Å². The minimum absolute atomic E-state index is 0.873. The first-order valence-electron chi connectivity index (χ1n) is 8.53. The fraction of sp³-hybridized carbons (Fsp3) is 0.684. The zero-order valence-corrected chi connectivity index (χ0v) is 13.5. The predicted octanol–water partition coefficient (Wildman–Crippen LogP) is 5.21. The van der Waals surface area contributed by atoms with E-state index in [2.05, 4.69) is 49.5 Å². The highest BCUT2D eigenvalue weighted by Gasteiger charge is 1.95. The Morgan fingerprint density at radius 2 is 1.45 bits per heavy atom. The molecule has 0 aliphatic carbocycles. The van der Waals surface area contributed by atoms with Crippen LogP contribution in [0.25, 0.3) is 0 Å². The SMILES string of the molecule is CC(C)CCCCCCNCCCCc1ccccc1. The molecule has 1 nitrogen and oxygen atoms in total. The molecular weight excluding hydrogens is 242 g/mol. The van der Waals surface area contributed by atoms with Gasteiger partial charge in [0.05, 0.1) is 0 Å². The summed E-state index contributed by atoms with van der Waals surface area (Å²) in [4.78, 5) is 0. The number of unbranched alkanes of at least 4 members (excludes halogenated alkanes) is 4. The minimum Gasteiger partial charge on any atom is -0.317 e. The fourth-order valence-corrected chi connectivity index (χ4v) is 2.50. The normalized spacial score (nSPS) is 11.2. The number of benzene rings is 1. The topological polar surface area (TPSA) is 12.0 Å². The first-order chi connectivity index (χ1) is 9.79. The largest absolute Gasteiger partial charge is 0.317 e. The molecule has 0 heterocycles. The fourth-order valence-electron chi connectivity index (χ4n) is 2.50. The number of aryl methyl sites for hydroxylation is 1. The average Bonchev–Trinajstić information content (AvgIpc) is 2.45. The van der Waals surface area contributed by atoms with Crippen LogP contribution >= 0.6 is 0 Å². The van der Waals surface area contributed by atoms with Crippen molar-refractivity contribution in [1.82, 2.24) is 5.32 Å². The van der Waals surface area contributed by atoms with Crippen LogP contribution in [-0.4, -0.2) is 13.1 Å². The summed E-state index contributed by atoms with van der Waals surface area (Å²) in [6.07, 6.45) is 10.8. The maximum atomic E-state index is 3.57. The molecule has 1 rings (SSSR count). The first kappa shape index (κ1) is 17.2. The molecule has 0 radical (unpaired) electrons.